The topological polar surface area (TPSA) is 65.1 Å². The normalized spacial score (nSPS) is 14.4. The van der Waals surface area contributed by atoms with Crippen molar-refractivity contribution in [2.24, 2.45) is 0 Å². The smallest absolute Gasteiger partial charge is 0.337 e. The van der Waals surface area contributed by atoms with E-state index in [1.807, 2.05) is 54.6 Å². The van der Waals surface area contributed by atoms with Crippen molar-refractivity contribution >= 4 is 41.5 Å². The van der Waals surface area contributed by atoms with Crippen LogP contribution < -0.4 is 9.16 Å². The maximum absolute atomic E-state index is 14.1. The fraction of sp³-hybridized carbons (Fsp3) is 0.389. The van der Waals surface area contributed by atoms with Crippen LogP contribution in [0.25, 0.3) is 20.5 Å². The van der Waals surface area contributed by atoms with E-state index < -0.39 is 14.3 Å². The fourth-order valence-electron chi connectivity index (χ4n) is 5.21. The number of ketones is 1. The molecule has 1 saturated heterocycles. The molecule has 1 aliphatic heterocycles. The SMILES string of the molecule is COC(=O)c1ccc2c(C(=O)c3ccc(OCCN4CCCCC4)cc3)c(-c3ccc(O[Si](C)(C)C(C)(C)C)cc3)sc2c1. The highest BCUT2D eigenvalue weighted by Crippen LogP contribution is 2.42. The number of nitrogens with zero attached hydrogens (tertiary/aromatic N) is 1. The molecule has 232 valence electrons. The van der Waals surface area contributed by atoms with Crippen LogP contribution in [0.15, 0.2) is 66.7 Å². The number of carbonyl (C=O) groups excluding carboxylic acids is 2. The van der Waals surface area contributed by atoms with E-state index in [4.69, 9.17) is 13.9 Å². The largest absolute Gasteiger partial charge is 0.544 e. The van der Waals surface area contributed by atoms with Crippen molar-refractivity contribution < 1.29 is 23.5 Å². The monoisotopic (exact) mass is 629 g/mol. The Morgan fingerprint density at radius 2 is 1.50 bits per heavy atom. The lowest BCUT2D eigenvalue weighted by Crippen LogP contribution is -2.43. The van der Waals surface area contributed by atoms with Crippen molar-refractivity contribution in [3.63, 3.8) is 0 Å². The minimum atomic E-state index is -1.99. The minimum absolute atomic E-state index is 0.0708. The first kappa shape index (κ1) is 31.9. The van der Waals surface area contributed by atoms with Crippen LogP contribution in [0, 0.1) is 0 Å². The molecule has 0 amide bonds. The third kappa shape index (κ3) is 7.09. The molecule has 1 fully saturated rings. The van der Waals surface area contributed by atoms with E-state index >= 15 is 0 Å². The molecule has 6 nitrogen and oxygen atoms in total. The first-order valence-corrected chi connectivity index (χ1v) is 19.1. The zero-order valence-electron chi connectivity index (χ0n) is 26.7. The number of ether oxygens (including phenoxy) is 2. The third-order valence-corrected chi connectivity index (χ3v) is 14.4. The Labute approximate surface area is 266 Å². The Balaban J connectivity index is 1.43. The minimum Gasteiger partial charge on any atom is -0.544 e. The summed E-state index contributed by atoms with van der Waals surface area (Å²) in [6, 6.07) is 20.8. The van der Waals surface area contributed by atoms with E-state index in [-0.39, 0.29) is 10.8 Å². The molecule has 5 rings (SSSR count). The molecule has 0 bridgehead atoms. The van der Waals surface area contributed by atoms with Crippen molar-refractivity contribution in [2.45, 2.75) is 58.2 Å². The van der Waals surface area contributed by atoms with Gasteiger partial charge in [0.05, 0.1) is 12.7 Å². The summed E-state index contributed by atoms with van der Waals surface area (Å²) in [6.45, 7) is 14.9. The predicted octanol–water partition coefficient (Wildman–Crippen LogP) is 8.83. The molecule has 0 radical (unpaired) electrons. The highest BCUT2D eigenvalue weighted by molar-refractivity contribution is 7.22. The van der Waals surface area contributed by atoms with E-state index in [9.17, 15) is 9.59 Å². The van der Waals surface area contributed by atoms with Gasteiger partial charge in [-0.2, -0.15) is 0 Å². The van der Waals surface area contributed by atoms with E-state index in [2.05, 4.69) is 38.8 Å². The molecule has 1 aliphatic rings. The summed E-state index contributed by atoms with van der Waals surface area (Å²) in [5, 5.41) is 0.897. The van der Waals surface area contributed by atoms with Crippen molar-refractivity contribution in [1.82, 2.24) is 4.90 Å². The second-order valence-corrected chi connectivity index (χ2v) is 18.8. The molecule has 1 aromatic heterocycles. The third-order valence-electron chi connectivity index (χ3n) is 8.88. The summed E-state index contributed by atoms with van der Waals surface area (Å²) in [7, 11) is -0.622. The number of piperidine rings is 1. The number of carbonyl (C=O) groups is 2. The quantitative estimate of drug-likeness (QED) is 0.0992. The van der Waals surface area contributed by atoms with Gasteiger partial charge in [0.15, 0.2) is 5.78 Å². The van der Waals surface area contributed by atoms with E-state index in [0.29, 0.717) is 23.3 Å². The summed E-state index contributed by atoms with van der Waals surface area (Å²) in [5.74, 6) is 1.11. The van der Waals surface area contributed by atoms with Crippen LogP contribution in [0.2, 0.25) is 18.1 Å². The zero-order valence-corrected chi connectivity index (χ0v) is 28.5. The van der Waals surface area contributed by atoms with Crippen LogP contribution in [-0.2, 0) is 4.74 Å². The maximum Gasteiger partial charge on any atom is 0.337 e. The van der Waals surface area contributed by atoms with Gasteiger partial charge < -0.3 is 13.9 Å². The Morgan fingerprint density at radius 1 is 0.864 bits per heavy atom. The summed E-state index contributed by atoms with van der Waals surface area (Å²) < 4.78 is 18.3. The Hall–Kier alpha value is -3.46. The number of fused-ring (bicyclic) bond motifs is 1. The van der Waals surface area contributed by atoms with Crippen molar-refractivity contribution in [3.8, 4) is 21.9 Å². The van der Waals surface area contributed by atoms with E-state index in [1.165, 1.54) is 37.7 Å². The fourth-order valence-corrected chi connectivity index (χ4v) is 7.49. The van der Waals surface area contributed by atoms with Crippen LogP contribution in [0.4, 0.5) is 0 Å². The van der Waals surface area contributed by atoms with Gasteiger partial charge in [-0.1, -0.05) is 33.3 Å². The molecular weight excluding hydrogens is 587 g/mol. The lowest BCUT2D eigenvalue weighted by atomic mass is 9.97. The molecule has 0 aliphatic carbocycles. The van der Waals surface area contributed by atoms with Gasteiger partial charge in [0.2, 0.25) is 8.32 Å². The summed E-state index contributed by atoms with van der Waals surface area (Å²) in [6.07, 6.45) is 3.83. The van der Waals surface area contributed by atoms with Gasteiger partial charge in [0.25, 0.3) is 0 Å². The lowest BCUT2D eigenvalue weighted by molar-refractivity contribution is 0.0601. The molecule has 8 heteroatoms. The Morgan fingerprint density at radius 3 is 2.14 bits per heavy atom. The number of thiophene rings is 1. The average molecular weight is 630 g/mol. The van der Waals surface area contributed by atoms with Crippen LogP contribution in [0.3, 0.4) is 0 Å². The maximum atomic E-state index is 14.1. The van der Waals surface area contributed by atoms with Gasteiger partial charge in [-0.05, 0) is 110 Å². The molecule has 3 aromatic carbocycles. The number of benzene rings is 3. The van der Waals surface area contributed by atoms with E-state index in [1.54, 1.807) is 12.1 Å². The van der Waals surface area contributed by atoms with Crippen LogP contribution in [0.5, 0.6) is 11.5 Å². The molecule has 0 atom stereocenters. The summed E-state index contributed by atoms with van der Waals surface area (Å²) in [5.41, 5.74) is 2.59. The molecule has 0 saturated carbocycles. The van der Waals surface area contributed by atoms with Gasteiger partial charge >= 0.3 is 5.97 Å². The van der Waals surface area contributed by atoms with Crippen molar-refractivity contribution in [2.75, 3.05) is 33.4 Å². The second kappa shape index (κ2) is 13.3. The van der Waals surface area contributed by atoms with Gasteiger partial charge in [0.1, 0.15) is 18.1 Å². The van der Waals surface area contributed by atoms with E-state index in [0.717, 1.165) is 51.7 Å². The predicted molar refractivity (Wildman–Crippen MR) is 182 cm³/mol. The highest BCUT2D eigenvalue weighted by Gasteiger charge is 2.39. The molecule has 4 aromatic rings. The molecular formula is C36H43NO5SSi. The van der Waals surface area contributed by atoms with Gasteiger partial charge in [0, 0.05) is 32.6 Å². The first-order valence-electron chi connectivity index (χ1n) is 15.4. The van der Waals surface area contributed by atoms with Crippen LogP contribution in [0.1, 0.15) is 66.3 Å². The Kier molecular flexibility index (Phi) is 9.63. The Bertz CT molecular complexity index is 1610. The lowest BCUT2D eigenvalue weighted by Gasteiger charge is -2.36. The van der Waals surface area contributed by atoms with Gasteiger partial charge in [-0.15, -0.1) is 11.3 Å². The van der Waals surface area contributed by atoms with Crippen molar-refractivity contribution in [1.29, 1.82) is 0 Å². The number of methoxy groups -OCH3 is 1. The molecule has 0 N–H and O–H groups in total. The molecule has 2 heterocycles. The van der Waals surface area contributed by atoms with Crippen LogP contribution in [-0.4, -0.2) is 58.3 Å². The standard InChI is InChI=1S/C36H43NO5SSi/c1-36(2,3)44(5,6)42-29-17-12-26(13-18-29)34-32(30-19-14-27(35(39)40-4)24-31(30)43-34)33(38)25-10-15-28(16-11-25)41-23-22-37-20-8-7-9-21-37/h10-19,24H,7-9,20-23H2,1-6H3. The van der Waals surface area contributed by atoms with Gasteiger partial charge in [-0.3, -0.25) is 9.69 Å². The number of hydrogen-bond acceptors (Lipinski definition) is 7. The van der Waals surface area contributed by atoms with Crippen LogP contribution >= 0.6 is 11.3 Å². The number of rotatable bonds is 10. The summed E-state index contributed by atoms with van der Waals surface area (Å²) >= 11 is 1.50. The number of esters is 1. The van der Waals surface area contributed by atoms with Crippen molar-refractivity contribution in [3.05, 3.63) is 83.4 Å². The summed E-state index contributed by atoms with van der Waals surface area (Å²) in [4.78, 5) is 29.7. The second-order valence-electron chi connectivity index (χ2n) is 13.0. The highest BCUT2D eigenvalue weighted by atomic mass is 32.1. The molecule has 44 heavy (non-hydrogen) atoms. The molecule has 0 spiro atoms. The first-order chi connectivity index (χ1) is 21.0. The zero-order chi connectivity index (χ0) is 31.5. The number of likely N-dealkylation sites (tertiary alicyclic amines) is 1. The number of hydrogen-bond donors (Lipinski definition) is 0. The molecule has 0 unspecified atom stereocenters. The van der Waals surface area contributed by atoms with Gasteiger partial charge in [-0.25, -0.2) is 4.79 Å². The average Bonchev–Trinajstić information content (AvgIpc) is 3.39.